The summed E-state index contributed by atoms with van der Waals surface area (Å²) in [7, 11) is 0. The number of hydrogen-bond acceptors (Lipinski definition) is 1. The minimum atomic E-state index is -0.267. The number of hydrogen-bond donors (Lipinski definition) is 0. The Morgan fingerprint density at radius 3 is 1.07 bits per heavy atom. The summed E-state index contributed by atoms with van der Waals surface area (Å²) >= 11 is 0. The van der Waals surface area contributed by atoms with Crippen LogP contribution in [0, 0.1) is 0 Å². The summed E-state index contributed by atoms with van der Waals surface area (Å²) in [4.78, 5) is 2.69. The Morgan fingerprint density at radius 1 is 0.296 bits per heavy atom. The normalized spacial score (nSPS) is 16.4. The molecule has 0 saturated carbocycles. The van der Waals surface area contributed by atoms with Crippen LogP contribution in [0.3, 0.4) is 0 Å². The second-order valence-corrected chi connectivity index (χ2v) is 17.3. The Kier molecular flexibility index (Phi) is 6.21. The zero-order valence-corrected chi connectivity index (χ0v) is 31.9. The fourth-order valence-electron chi connectivity index (χ4n) is 10.5. The molecule has 8 aromatic carbocycles. The summed E-state index contributed by atoms with van der Waals surface area (Å²) in [5.41, 5.74) is 19.6. The lowest BCUT2D eigenvalue weighted by Crippen LogP contribution is -2.43. The lowest BCUT2D eigenvalue weighted by atomic mass is 9.60. The van der Waals surface area contributed by atoms with E-state index in [0.29, 0.717) is 0 Å². The Bertz CT molecular complexity index is 2830. The quantitative estimate of drug-likeness (QED) is 0.167. The molecule has 3 aliphatic rings. The Morgan fingerprint density at radius 2 is 0.630 bits per heavy atom. The molecule has 0 spiro atoms. The van der Waals surface area contributed by atoms with E-state index in [2.05, 4.69) is 198 Å². The summed E-state index contributed by atoms with van der Waals surface area (Å²) in [6.45, 7) is 14.7. The average molecular weight is 694 g/mol. The molecule has 8 aromatic rings. The first-order valence-corrected chi connectivity index (χ1v) is 19.5. The monoisotopic (exact) mass is 693 g/mol. The van der Waals surface area contributed by atoms with E-state index in [1.165, 1.54) is 105 Å². The SMILES string of the molecule is CC1(C)c2cccc3c2N2c4c1cc(-c1ccccc1)cc4C(C)(C)c1cc(-c4c5ccccc5c(-c5ccccc5)c5ccccc45)cc(c12)C3(C)C. The van der Waals surface area contributed by atoms with Crippen molar-refractivity contribution >= 4 is 38.6 Å². The largest absolute Gasteiger partial charge is 0.309 e. The molecule has 1 nitrogen and oxygen atoms in total. The van der Waals surface area contributed by atoms with Crippen LogP contribution < -0.4 is 4.90 Å². The lowest BCUT2D eigenvalue weighted by Gasteiger charge is -2.55. The smallest absolute Gasteiger partial charge is 0.0544 e. The van der Waals surface area contributed by atoms with Crippen molar-refractivity contribution in [2.24, 2.45) is 0 Å². The molecule has 0 bridgehead atoms. The fourth-order valence-corrected chi connectivity index (χ4v) is 10.5. The van der Waals surface area contributed by atoms with Gasteiger partial charge in [0, 0.05) is 16.2 Å². The predicted octanol–water partition coefficient (Wildman–Crippen LogP) is 14.4. The fraction of sp³-hybridized carbons (Fsp3) is 0.170. The molecule has 0 amide bonds. The van der Waals surface area contributed by atoms with Gasteiger partial charge in [0.15, 0.2) is 0 Å². The van der Waals surface area contributed by atoms with Crippen LogP contribution >= 0.6 is 0 Å². The molecule has 0 N–H and O–H groups in total. The van der Waals surface area contributed by atoms with Gasteiger partial charge in [0.25, 0.3) is 0 Å². The number of para-hydroxylation sites is 1. The average Bonchev–Trinajstić information content (AvgIpc) is 3.19. The van der Waals surface area contributed by atoms with Crippen molar-refractivity contribution in [2.45, 2.75) is 57.8 Å². The third-order valence-electron chi connectivity index (χ3n) is 13.4. The van der Waals surface area contributed by atoms with E-state index in [4.69, 9.17) is 0 Å². The van der Waals surface area contributed by atoms with Crippen molar-refractivity contribution in [1.82, 2.24) is 0 Å². The number of nitrogens with zero attached hydrogens (tertiary/aromatic N) is 1. The van der Waals surface area contributed by atoms with Gasteiger partial charge in [0.05, 0.1) is 17.1 Å². The predicted molar refractivity (Wildman–Crippen MR) is 229 cm³/mol. The highest BCUT2D eigenvalue weighted by molar-refractivity contribution is 6.21. The van der Waals surface area contributed by atoms with Gasteiger partial charge in [-0.3, -0.25) is 0 Å². The van der Waals surface area contributed by atoms with Gasteiger partial charge in [-0.15, -0.1) is 0 Å². The van der Waals surface area contributed by atoms with Crippen molar-refractivity contribution in [1.29, 1.82) is 0 Å². The van der Waals surface area contributed by atoms with E-state index in [9.17, 15) is 0 Å². The molecule has 0 fully saturated rings. The topological polar surface area (TPSA) is 3.24 Å². The van der Waals surface area contributed by atoms with Crippen molar-refractivity contribution in [3.05, 3.63) is 185 Å². The first-order chi connectivity index (χ1) is 26.1. The van der Waals surface area contributed by atoms with Gasteiger partial charge in [-0.25, -0.2) is 0 Å². The van der Waals surface area contributed by atoms with Crippen molar-refractivity contribution in [2.75, 3.05) is 4.90 Å². The molecule has 260 valence electrons. The molecule has 0 atom stereocenters. The van der Waals surface area contributed by atoms with E-state index < -0.39 is 0 Å². The van der Waals surface area contributed by atoms with Crippen molar-refractivity contribution in [3.8, 4) is 33.4 Å². The van der Waals surface area contributed by atoms with Crippen LogP contribution in [0.25, 0.3) is 54.9 Å². The second kappa shape index (κ2) is 10.6. The van der Waals surface area contributed by atoms with E-state index in [0.717, 1.165) is 0 Å². The molecule has 11 rings (SSSR count). The van der Waals surface area contributed by atoms with E-state index in [-0.39, 0.29) is 16.2 Å². The Hall–Kier alpha value is -5.92. The minimum Gasteiger partial charge on any atom is -0.309 e. The molecule has 0 aliphatic carbocycles. The second-order valence-electron chi connectivity index (χ2n) is 17.3. The van der Waals surface area contributed by atoms with E-state index in [1.807, 2.05) is 0 Å². The lowest BCUT2D eigenvalue weighted by molar-refractivity contribution is 0.567. The first-order valence-electron chi connectivity index (χ1n) is 19.5. The maximum atomic E-state index is 2.69. The van der Waals surface area contributed by atoms with Gasteiger partial charge in [0.1, 0.15) is 0 Å². The first kappa shape index (κ1) is 31.6. The summed E-state index contributed by atoms with van der Waals surface area (Å²) in [5, 5.41) is 5.16. The molecule has 0 saturated heterocycles. The molecular weight excluding hydrogens is 651 g/mol. The van der Waals surface area contributed by atoms with Crippen LogP contribution in [-0.4, -0.2) is 0 Å². The Labute approximate surface area is 318 Å². The maximum absolute atomic E-state index is 2.69. The summed E-state index contributed by atoms with van der Waals surface area (Å²) < 4.78 is 0. The number of benzene rings is 8. The third kappa shape index (κ3) is 3.94. The number of fused-ring (bicyclic) bond motifs is 2. The molecule has 3 aliphatic heterocycles. The van der Waals surface area contributed by atoms with Gasteiger partial charge in [-0.1, -0.05) is 169 Å². The highest BCUT2D eigenvalue weighted by Gasteiger charge is 2.52. The van der Waals surface area contributed by atoms with E-state index >= 15 is 0 Å². The molecule has 54 heavy (non-hydrogen) atoms. The molecule has 3 heterocycles. The Balaban J connectivity index is 1.28. The van der Waals surface area contributed by atoms with Crippen LogP contribution in [0.15, 0.2) is 152 Å². The van der Waals surface area contributed by atoms with Gasteiger partial charge in [0.2, 0.25) is 0 Å². The summed E-state index contributed by atoms with van der Waals surface area (Å²) in [5.74, 6) is 0. The summed E-state index contributed by atoms with van der Waals surface area (Å²) in [6.07, 6.45) is 0. The zero-order chi connectivity index (χ0) is 36.7. The number of rotatable bonds is 3. The van der Waals surface area contributed by atoms with Gasteiger partial charge < -0.3 is 4.90 Å². The minimum absolute atomic E-state index is 0.170. The van der Waals surface area contributed by atoms with Crippen molar-refractivity contribution in [3.63, 3.8) is 0 Å². The van der Waals surface area contributed by atoms with Crippen LogP contribution in [0.5, 0.6) is 0 Å². The van der Waals surface area contributed by atoms with Gasteiger partial charge >= 0.3 is 0 Å². The molecule has 0 aromatic heterocycles. The molecule has 0 unspecified atom stereocenters. The van der Waals surface area contributed by atoms with Crippen LogP contribution in [0.1, 0.15) is 74.9 Å². The highest BCUT2D eigenvalue weighted by atomic mass is 15.2. The number of anilines is 3. The van der Waals surface area contributed by atoms with Crippen molar-refractivity contribution < 1.29 is 0 Å². The molecule has 1 heteroatoms. The molecular formula is C53H43N. The zero-order valence-electron chi connectivity index (χ0n) is 31.9. The standard InChI is InChI=1S/C53H43N/c1-51(2)40-26-17-27-41-48(40)54-49-42(51)28-34(32-18-9-7-10-19-32)29-43(49)53(5,6)45-31-35(30-44(50(45)54)52(41,3)4)47-38-24-15-13-22-36(38)46(33-20-11-8-12-21-33)37-23-14-16-25-39(37)47/h7-31H,1-6H3. The van der Waals surface area contributed by atoms with Gasteiger partial charge in [-0.05, 0) is 113 Å². The van der Waals surface area contributed by atoms with Crippen LogP contribution in [-0.2, 0) is 16.2 Å². The highest BCUT2D eigenvalue weighted by Crippen LogP contribution is 2.67. The van der Waals surface area contributed by atoms with E-state index in [1.54, 1.807) is 0 Å². The van der Waals surface area contributed by atoms with Gasteiger partial charge in [-0.2, -0.15) is 0 Å². The van der Waals surface area contributed by atoms with Crippen LogP contribution in [0.4, 0.5) is 17.1 Å². The summed E-state index contributed by atoms with van der Waals surface area (Å²) in [6, 6.07) is 57.2. The maximum Gasteiger partial charge on any atom is 0.0544 e. The molecule has 0 radical (unpaired) electrons. The van der Waals surface area contributed by atoms with Crippen LogP contribution in [0.2, 0.25) is 0 Å². The third-order valence-corrected chi connectivity index (χ3v) is 13.4.